The van der Waals surface area contributed by atoms with E-state index in [-0.39, 0.29) is 23.8 Å². The maximum atomic E-state index is 13.3. The van der Waals surface area contributed by atoms with Crippen molar-refractivity contribution in [2.24, 2.45) is 0 Å². The summed E-state index contributed by atoms with van der Waals surface area (Å²) >= 11 is 0. The molecule has 4 rings (SSSR count). The van der Waals surface area contributed by atoms with Crippen molar-refractivity contribution in [1.82, 2.24) is 14.5 Å². The average Bonchev–Trinajstić information content (AvgIpc) is 3.39. The molecule has 2 aliphatic rings. The van der Waals surface area contributed by atoms with Crippen molar-refractivity contribution in [1.29, 1.82) is 0 Å². The molecule has 2 aromatic rings. The van der Waals surface area contributed by atoms with E-state index in [4.69, 9.17) is 0 Å². The monoisotopic (exact) mass is 514 g/mol. The molecule has 0 aliphatic carbocycles. The predicted molar refractivity (Wildman–Crippen MR) is 134 cm³/mol. The van der Waals surface area contributed by atoms with Gasteiger partial charge in [0, 0.05) is 37.9 Å². The molecule has 2 aromatic carbocycles. The molecule has 11 heteroatoms. The molecule has 2 atom stereocenters. The number of amides is 3. The van der Waals surface area contributed by atoms with Crippen LogP contribution in [0.25, 0.3) is 0 Å². The highest BCUT2D eigenvalue weighted by Gasteiger charge is 2.29. The van der Waals surface area contributed by atoms with Crippen LogP contribution in [-0.2, 0) is 32.5 Å². The molecule has 0 saturated carbocycles. The Balaban J connectivity index is 1.57. The number of sulfonamides is 1. The standard InChI is InChI=1S/C25H30N4O6S/c1-28(24(32)11-16-6-7-17-13-23(31)26-21(17)10-16)22(15-29-9-8-20(30)14-29)18-4-3-5-19(12-18)25(33)27-36(2,34)35/h3-7,10,12,20,22,30H,8-9,11,13-15H2,1-2H3,(H,26,31)(H,27,33)/t20-,22+/m0/s1. The van der Waals surface area contributed by atoms with E-state index in [2.05, 4.69) is 10.2 Å². The van der Waals surface area contributed by atoms with Gasteiger partial charge < -0.3 is 15.3 Å². The van der Waals surface area contributed by atoms with E-state index in [0.29, 0.717) is 38.0 Å². The minimum atomic E-state index is -3.73. The second kappa shape index (κ2) is 10.4. The molecule has 36 heavy (non-hydrogen) atoms. The Morgan fingerprint density at radius 2 is 2.03 bits per heavy atom. The zero-order chi connectivity index (χ0) is 26.0. The van der Waals surface area contributed by atoms with E-state index in [1.165, 1.54) is 6.07 Å². The number of anilines is 1. The first-order valence-corrected chi connectivity index (χ1v) is 13.6. The predicted octanol–water partition coefficient (Wildman–Crippen LogP) is 0.679. The fourth-order valence-electron chi connectivity index (χ4n) is 4.63. The summed E-state index contributed by atoms with van der Waals surface area (Å²) < 4.78 is 25.0. The van der Waals surface area contributed by atoms with Crippen molar-refractivity contribution in [3.8, 4) is 0 Å². The minimum absolute atomic E-state index is 0.0711. The van der Waals surface area contributed by atoms with E-state index in [0.717, 1.165) is 23.1 Å². The molecule has 0 radical (unpaired) electrons. The first kappa shape index (κ1) is 25.8. The third kappa shape index (κ3) is 6.28. The van der Waals surface area contributed by atoms with E-state index >= 15 is 0 Å². The van der Waals surface area contributed by atoms with Gasteiger partial charge in [-0.25, -0.2) is 13.1 Å². The lowest BCUT2D eigenvalue weighted by atomic mass is 10.0. The van der Waals surface area contributed by atoms with Gasteiger partial charge in [0.25, 0.3) is 5.91 Å². The number of carbonyl (C=O) groups excluding carboxylic acids is 3. The lowest BCUT2D eigenvalue weighted by Gasteiger charge is -2.32. The number of aliphatic hydroxyl groups excluding tert-OH is 1. The van der Waals surface area contributed by atoms with Gasteiger partial charge in [-0.05, 0) is 41.3 Å². The van der Waals surface area contributed by atoms with Crippen molar-refractivity contribution in [2.45, 2.75) is 31.4 Å². The topological polar surface area (TPSA) is 136 Å². The lowest BCUT2D eigenvalue weighted by molar-refractivity contribution is -0.131. The third-order valence-corrected chi connectivity index (χ3v) is 7.06. The summed E-state index contributed by atoms with van der Waals surface area (Å²) in [6.45, 7) is 1.60. The molecule has 3 amide bonds. The number of aliphatic hydroxyl groups is 1. The van der Waals surface area contributed by atoms with Gasteiger partial charge in [-0.3, -0.25) is 19.3 Å². The summed E-state index contributed by atoms with van der Waals surface area (Å²) in [4.78, 5) is 41.1. The van der Waals surface area contributed by atoms with Crippen LogP contribution in [0.2, 0.25) is 0 Å². The van der Waals surface area contributed by atoms with Crippen LogP contribution in [0.5, 0.6) is 0 Å². The Hall–Kier alpha value is -3.28. The van der Waals surface area contributed by atoms with E-state index in [1.54, 1.807) is 30.1 Å². The highest BCUT2D eigenvalue weighted by molar-refractivity contribution is 7.89. The molecule has 2 aliphatic heterocycles. The van der Waals surface area contributed by atoms with Gasteiger partial charge in [-0.15, -0.1) is 0 Å². The summed E-state index contributed by atoms with van der Waals surface area (Å²) in [6.07, 6.45) is 1.57. The zero-order valence-corrected chi connectivity index (χ0v) is 21.0. The number of nitrogens with one attached hydrogen (secondary N) is 2. The molecule has 0 bridgehead atoms. The molecule has 0 unspecified atom stereocenters. The quantitative estimate of drug-likeness (QED) is 0.471. The fraction of sp³-hybridized carbons (Fsp3) is 0.400. The molecule has 3 N–H and O–H groups in total. The average molecular weight is 515 g/mol. The van der Waals surface area contributed by atoms with E-state index < -0.39 is 28.1 Å². The highest BCUT2D eigenvalue weighted by Crippen LogP contribution is 2.27. The summed E-state index contributed by atoms with van der Waals surface area (Å²) in [7, 11) is -2.04. The zero-order valence-electron chi connectivity index (χ0n) is 20.2. The van der Waals surface area contributed by atoms with Gasteiger partial charge in [0.15, 0.2) is 0 Å². The van der Waals surface area contributed by atoms with Crippen LogP contribution >= 0.6 is 0 Å². The van der Waals surface area contributed by atoms with Gasteiger partial charge in [0.05, 0.1) is 31.2 Å². The van der Waals surface area contributed by atoms with Crippen molar-refractivity contribution < 1.29 is 27.9 Å². The molecule has 0 aromatic heterocycles. The molecule has 1 saturated heterocycles. The van der Waals surface area contributed by atoms with Gasteiger partial charge in [-0.2, -0.15) is 0 Å². The van der Waals surface area contributed by atoms with E-state index in [1.807, 2.05) is 22.9 Å². The molecule has 192 valence electrons. The number of likely N-dealkylation sites (N-methyl/N-ethyl adjacent to an activating group) is 1. The number of rotatable bonds is 8. The summed E-state index contributed by atoms with van der Waals surface area (Å²) in [5.41, 5.74) is 3.23. The van der Waals surface area contributed by atoms with Crippen molar-refractivity contribution in [3.05, 3.63) is 64.7 Å². The fourth-order valence-corrected chi connectivity index (χ4v) is 5.09. The second-order valence-corrected chi connectivity index (χ2v) is 11.2. The highest BCUT2D eigenvalue weighted by atomic mass is 32.2. The van der Waals surface area contributed by atoms with Crippen LogP contribution < -0.4 is 10.0 Å². The number of benzene rings is 2. The first-order valence-electron chi connectivity index (χ1n) is 11.7. The number of fused-ring (bicyclic) bond motifs is 1. The van der Waals surface area contributed by atoms with Crippen LogP contribution in [0, 0.1) is 0 Å². The Bertz CT molecular complexity index is 1300. The largest absolute Gasteiger partial charge is 0.392 e. The van der Waals surface area contributed by atoms with Crippen molar-refractivity contribution >= 4 is 33.4 Å². The SMILES string of the molecule is CN(C(=O)Cc1ccc2c(c1)NC(=O)C2)[C@H](CN1CC[C@H](O)C1)c1cccc(C(=O)NS(C)(=O)=O)c1. The molecular formula is C25H30N4O6S. The van der Waals surface area contributed by atoms with Crippen molar-refractivity contribution in [2.75, 3.05) is 38.3 Å². The minimum Gasteiger partial charge on any atom is -0.392 e. The van der Waals surface area contributed by atoms with Crippen LogP contribution in [0.3, 0.4) is 0 Å². The maximum absolute atomic E-state index is 13.3. The summed E-state index contributed by atoms with van der Waals surface area (Å²) in [6, 6.07) is 11.6. The lowest BCUT2D eigenvalue weighted by Crippen LogP contribution is -2.39. The number of likely N-dealkylation sites (tertiary alicyclic amines) is 1. The van der Waals surface area contributed by atoms with Crippen LogP contribution in [0.15, 0.2) is 42.5 Å². The number of β-amino-alcohol motifs (C(OH)–C–C–N with tert-alkyl or cyclic N) is 1. The summed E-state index contributed by atoms with van der Waals surface area (Å²) in [5.74, 6) is -0.975. The first-order chi connectivity index (χ1) is 17.0. The van der Waals surface area contributed by atoms with Gasteiger partial charge in [-0.1, -0.05) is 24.3 Å². The normalized spacial score (nSPS) is 18.4. The molecule has 0 spiro atoms. The van der Waals surface area contributed by atoms with Crippen molar-refractivity contribution in [3.63, 3.8) is 0 Å². The van der Waals surface area contributed by atoms with Crippen LogP contribution in [0.4, 0.5) is 5.69 Å². The molecular weight excluding hydrogens is 484 g/mol. The Morgan fingerprint density at radius 3 is 2.72 bits per heavy atom. The maximum Gasteiger partial charge on any atom is 0.264 e. The molecule has 1 fully saturated rings. The Labute approximate surface area is 210 Å². The molecule has 2 heterocycles. The Kier molecular flexibility index (Phi) is 7.43. The Morgan fingerprint density at radius 1 is 1.25 bits per heavy atom. The van der Waals surface area contributed by atoms with Crippen LogP contribution in [-0.4, -0.2) is 80.1 Å². The van der Waals surface area contributed by atoms with Gasteiger partial charge in [0.1, 0.15) is 0 Å². The second-order valence-electron chi connectivity index (χ2n) is 9.44. The third-order valence-electron chi connectivity index (χ3n) is 6.51. The number of hydrogen-bond acceptors (Lipinski definition) is 7. The van der Waals surface area contributed by atoms with Gasteiger partial charge >= 0.3 is 0 Å². The van der Waals surface area contributed by atoms with Gasteiger partial charge in [0.2, 0.25) is 21.8 Å². The smallest absolute Gasteiger partial charge is 0.264 e. The van der Waals surface area contributed by atoms with E-state index in [9.17, 15) is 27.9 Å². The van der Waals surface area contributed by atoms with Crippen LogP contribution in [0.1, 0.15) is 39.5 Å². The number of nitrogens with zero attached hydrogens (tertiary/aromatic N) is 2. The number of hydrogen-bond donors (Lipinski definition) is 3. The summed E-state index contributed by atoms with van der Waals surface area (Å²) in [5, 5.41) is 12.8. The number of carbonyl (C=O) groups is 3. The molecule has 10 nitrogen and oxygen atoms in total.